The minimum Gasteiger partial charge on any atom is -0.507 e. The van der Waals surface area contributed by atoms with Crippen molar-refractivity contribution in [3.63, 3.8) is 0 Å². The van der Waals surface area contributed by atoms with E-state index in [0.29, 0.717) is 4.90 Å². The van der Waals surface area contributed by atoms with Crippen molar-refractivity contribution < 1.29 is 24.6 Å². The smallest absolute Gasteiger partial charge is 0.129 e. The number of phenolic OH excluding ortho intramolecular Hbond substituents is 1. The van der Waals surface area contributed by atoms with Crippen LogP contribution in [0.4, 0.5) is 0 Å². The largest absolute Gasteiger partial charge is 0.507 e. The Kier molecular flexibility index (Phi) is 5.23. The fourth-order valence-corrected chi connectivity index (χ4v) is 1.20. The van der Waals surface area contributed by atoms with Crippen LogP contribution in [0, 0.1) is 0 Å². The molecule has 0 aliphatic rings. The molecule has 0 fully saturated rings. The fourth-order valence-electron chi connectivity index (χ4n) is 0.630. The summed E-state index contributed by atoms with van der Waals surface area (Å²) in [5.41, 5.74) is 0. The summed E-state index contributed by atoms with van der Waals surface area (Å²) in [5, 5.41) is 9.14. The van der Waals surface area contributed by atoms with E-state index in [1.807, 2.05) is 12.3 Å². The predicted octanol–water partition coefficient (Wildman–Crippen LogP) is 2.40. The number of thioether (sulfide) groups is 1. The normalized spacial score (nSPS) is 8.91. The topological polar surface area (TPSA) is 20.2 Å². The van der Waals surface area contributed by atoms with Crippen LogP contribution in [0.1, 0.15) is 0 Å². The van der Waals surface area contributed by atoms with E-state index < -0.39 is 0 Å². The van der Waals surface area contributed by atoms with Crippen molar-refractivity contribution in [3.8, 4) is 5.75 Å². The molecule has 0 atom stereocenters. The first-order valence-electron chi connectivity index (χ1n) is 2.80. The van der Waals surface area contributed by atoms with Crippen molar-refractivity contribution >= 4 is 24.4 Å². The summed E-state index contributed by atoms with van der Waals surface area (Å²) >= 11 is 5.62. The van der Waals surface area contributed by atoms with Gasteiger partial charge >= 0.3 is 0 Å². The molecule has 0 aliphatic carbocycles. The van der Waals surface area contributed by atoms with Gasteiger partial charge in [0.1, 0.15) is 5.75 Å². The Morgan fingerprint density at radius 3 is 2.55 bits per heavy atom. The Bertz CT molecular complexity index is 240. The number of phenols is 1. The molecular weight excluding hydrogens is 230 g/mol. The quantitative estimate of drug-likeness (QED) is 0.444. The van der Waals surface area contributed by atoms with Crippen LogP contribution in [-0.2, 0) is 19.5 Å². The summed E-state index contributed by atoms with van der Waals surface area (Å²) in [6, 6.07) is 5.41. The first-order valence-corrected chi connectivity index (χ1v) is 4.47. The van der Waals surface area contributed by atoms with Gasteiger partial charge in [0.2, 0.25) is 0 Å². The van der Waals surface area contributed by atoms with Crippen LogP contribution in [0.15, 0.2) is 28.0 Å². The number of benzene rings is 1. The van der Waals surface area contributed by atoms with Gasteiger partial charge in [-0.1, -0.05) is 0 Å². The van der Waals surface area contributed by atoms with Gasteiger partial charge in [-0.15, -0.1) is 24.4 Å². The van der Waals surface area contributed by atoms with E-state index in [2.05, 4.69) is 12.6 Å². The van der Waals surface area contributed by atoms with E-state index in [9.17, 15) is 0 Å². The molecule has 4 heteroatoms. The Morgan fingerprint density at radius 2 is 2.09 bits per heavy atom. The SMILES string of the molecule is CSc1ccc(S)c(O)c1.[Zn]. The average Bonchev–Trinajstić information content (AvgIpc) is 1.95. The molecule has 0 unspecified atom stereocenters. The third kappa shape index (κ3) is 3.06. The van der Waals surface area contributed by atoms with Crippen molar-refractivity contribution in [3.05, 3.63) is 18.2 Å². The summed E-state index contributed by atoms with van der Waals surface area (Å²) in [6.07, 6.45) is 1.97. The maximum Gasteiger partial charge on any atom is 0.129 e. The van der Waals surface area contributed by atoms with E-state index in [1.165, 1.54) is 0 Å². The van der Waals surface area contributed by atoms with E-state index in [1.54, 1.807) is 23.9 Å². The first kappa shape index (κ1) is 11.3. The molecule has 1 nitrogen and oxygen atoms in total. The fraction of sp³-hybridized carbons (Fsp3) is 0.143. The van der Waals surface area contributed by atoms with E-state index >= 15 is 0 Å². The molecule has 0 heterocycles. The maximum atomic E-state index is 9.14. The molecule has 0 radical (unpaired) electrons. The van der Waals surface area contributed by atoms with Crippen LogP contribution in [0.5, 0.6) is 5.75 Å². The maximum absolute atomic E-state index is 9.14. The molecule has 11 heavy (non-hydrogen) atoms. The Morgan fingerprint density at radius 1 is 1.45 bits per heavy atom. The molecule has 1 aromatic carbocycles. The molecule has 56 valence electrons. The van der Waals surface area contributed by atoms with Crippen molar-refractivity contribution in [1.82, 2.24) is 0 Å². The van der Waals surface area contributed by atoms with Crippen molar-refractivity contribution in [2.24, 2.45) is 0 Å². The molecule has 1 aromatic rings. The van der Waals surface area contributed by atoms with Crippen LogP contribution < -0.4 is 0 Å². The van der Waals surface area contributed by atoms with Gasteiger partial charge < -0.3 is 5.11 Å². The third-order valence-corrected chi connectivity index (χ3v) is 2.29. The van der Waals surface area contributed by atoms with E-state index in [0.717, 1.165) is 4.90 Å². The Hall–Kier alpha value is 0.343. The number of hydrogen-bond donors (Lipinski definition) is 2. The second kappa shape index (κ2) is 5.07. The molecule has 0 bridgehead atoms. The number of aromatic hydroxyl groups is 1. The summed E-state index contributed by atoms with van der Waals surface area (Å²) in [6.45, 7) is 0. The summed E-state index contributed by atoms with van der Waals surface area (Å²) in [4.78, 5) is 1.67. The molecule has 1 rings (SSSR count). The standard InChI is InChI=1S/C7H8OS2.Zn/c1-10-5-2-3-7(9)6(8)4-5;/h2-4,8-9H,1H3;. The Labute approximate surface area is 88.8 Å². The Balaban J connectivity index is 0.000001000. The predicted molar refractivity (Wildman–Crippen MR) is 47.1 cm³/mol. The summed E-state index contributed by atoms with van der Waals surface area (Å²) in [5.74, 6) is 0.246. The molecule has 0 saturated carbocycles. The molecule has 1 N–H and O–H groups in total. The van der Waals surface area contributed by atoms with Crippen molar-refractivity contribution in [2.45, 2.75) is 9.79 Å². The minimum absolute atomic E-state index is 0. The van der Waals surface area contributed by atoms with Crippen LogP contribution in [-0.4, -0.2) is 11.4 Å². The zero-order valence-corrected chi connectivity index (χ0v) is 10.9. The minimum atomic E-state index is 0. The molecule has 0 aliphatic heterocycles. The average molecular weight is 238 g/mol. The third-order valence-electron chi connectivity index (χ3n) is 1.18. The van der Waals surface area contributed by atoms with Gasteiger partial charge in [-0.2, -0.15) is 0 Å². The van der Waals surface area contributed by atoms with Gasteiger partial charge in [0.25, 0.3) is 0 Å². The van der Waals surface area contributed by atoms with Gasteiger partial charge in [-0.25, -0.2) is 0 Å². The van der Waals surface area contributed by atoms with Crippen LogP contribution in [0.3, 0.4) is 0 Å². The monoisotopic (exact) mass is 236 g/mol. The zero-order chi connectivity index (χ0) is 7.56. The molecule has 0 aromatic heterocycles. The van der Waals surface area contributed by atoms with Crippen LogP contribution in [0.2, 0.25) is 0 Å². The van der Waals surface area contributed by atoms with E-state index in [-0.39, 0.29) is 25.2 Å². The van der Waals surface area contributed by atoms with Gasteiger partial charge in [-0.05, 0) is 24.5 Å². The molecule has 0 spiro atoms. The van der Waals surface area contributed by atoms with Crippen LogP contribution >= 0.6 is 24.4 Å². The van der Waals surface area contributed by atoms with Gasteiger partial charge in [0.05, 0.1) is 0 Å². The van der Waals surface area contributed by atoms with Crippen molar-refractivity contribution in [2.75, 3.05) is 6.26 Å². The molecular formula is C7H8OS2Zn. The molecule has 0 amide bonds. The summed E-state index contributed by atoms with van der Waals surface area (Å²) < 4.78 is 0. The van der Waals surface area contributed by atoms with Crippen LogP contribution in [0.25, 0.3) is 0 Å². The first-order chi connectivity index (χ1) is 4.74. The van der Waals surface area contributed by atoms with Crippen molar-refractivity contribution in [1.29, 1.82) is 0 Å². The van der Waals surface area contributed by atoms with Gasteiger partial charge in [0, 0.05) is 29.3 Å². The number of rotatable bonds is 1. The zero-order valence-electron chi connectivity index (χ0n) is 6.24. The van der Waals surface area contributed by atoms with Gasteiger partial charge in [0.15, 0.2) is 0 Å². The number of hydrogen-bond acceptors (Lipinski definition) is 3. The number of thiol groups is 1. The summed E-state index contributed by atoms with van der Waals surface area (Å²) in [7, 11) is 0. The van der Waals surface area contributed by atoms with Gasteiger partial charge in [-0.3, -0.25) is 0 Å². The second-order valence-corrected chi connectivity index (χ2v) is 3.22. The second-order valence-electron chi connectivity index (χ2n) is 1.85. The molecule has 0 saturated heterocycles. The van der Waals surface area contributed by atoms with E-state index in [4.69, 9.17) is 5.11 Å².